The van der Waals surface area contributed by atoms with Gasteiger partial charge < -0.3 is 4.42 Å². The molecule has 1 aromatic heterocycles. The van der Waals surface area contributed by atoms with Crippen molar-refractivity contribution in [2.75, 3.05) is 0 Å². The number of rotatable bonds is 3. The molecule has 0 bridgehead atoms. The predicted octanol–water partition coefficient (Wildman–Crippen LogP) is 4.11. The van der Waals surface area contributed by atoms with E-state index in [0.717, 1.165) is 40.7 Å². The van der Waals surface area contributed by atoms with Crippen LogP contribution in [-0.4, -0.2) is 4.98 Å². The molecular formula is C12H14BrNO. The fraction of sp³-hybridized carbons (Fsp3) is 0.417. The zero-order chi connectivity index (χ0) is 10.8. The summed E-state index contributed by atoms with van der Waals surface area (Å²) in [7, 11) is 0. The maximum atomic E-state index is 5.75. The third-order valence-corrected chi connectivity index (χ3v) is 2.88. The minimum Gasteiger partial charge on any atom is -0.440 e. The van der Waals surface area contributed by atoms with Gasteiger partial charge in [-0.05, 0) is 30.5 Å². The summed E-state index contributed by atoms with van der Waals surface area (Å²) in [5.74, 6) is 0.848. The van der Waals surface area contributed by atoms with Crippen molar-refractivity contribution in [3.63, 3.8) is 0 Å². The molecule has 80 valence electrons. The molecule has 2 nitrogen and oxygen atoms in total. The van der Waals surface area contributed by atoms with Crippen LogP contribution >= 0.6 is 15.9 Å². The fourth-order valence-corrected chi connectivity index (χ4v) is 2.19. The van der Waals surface area contributed by atoms with Gasteiger partial charge in [-0.25, -0.2) is 4.98 Å². The summed E-state index contributed by atoms with van der Waals surface area (Å²) < 4.78 is 6.83. The van der Waals surface area contributed by atoms with E-state index in [9.17, 15) is 0 Å². The van der Waals surface area contributed by atoms with Crippen LogP contribution in [0.2, 0.25) is 0 Å². The van der Waals surface area contributed by atoms with Crippen molar-refractivity contribution >= 4 is 27.0 Å². The van der Waals surface area contributed by atoms with Crippen molar-refractivity contribution in [2.24, 2.45) is 0 Å². The van der Waals surface area contributed by atoms with Gasteiger partial charge in [0.2, 0.25) is 0 Å². The average molecular weight is 268 g/mol. The monoisotopic (exact) mass is 267 g/mol. The Hall–Kier alpha value is -0.830. The molecule has 0 aliphatic rings. The highest BCUT2D eigenvalue weighted by Gasteiger charge is 2.09. The molecule has 0 aliphatic carbocycles. The number of hydrogen-bond donors (Lipinski definition) is 0. The van der Waals surface area contributed by atoms with E-state index in [4.69, 9.17) is 4.42 Å². The smallest absolute Gasteiger partial charge is 0.195 e. The highest BCUT2D eigenvalue weighted by atomic mass is 79.9. The van der Waals surface area contributed by atoms with Crippen LogP contribution in [0.3, 0.4) is 0 Å². The highest BCUT2D eigenvalue weighted by molar-refractivity contribution is 9.10. The molecule has 0 atom stereocenters. The van der Waals surface area contributed by atoms with Crippen molar-refractivity contribution in [1.29, 1.82) is 0 Å². The number of benzene rings is 1. The van der Waals surface area contributed by atoms with Crippen LogP contribution in [0.4, 0.5) is 0 Å². The Morgan fingerprint density at radius 2 is 2.13 bits per heavy atom. The Balaban J connectivity index is 2.58. The largest absolute Gasteiger partial charge is 0.440 e. The lowest BCUT2D eigenvalue weighted by atomic mass is 10.1. The molecule has 0 spiro atoms. The first-order valence-corrected chi connectivity index (χ1v) is 6.11. The average Bonchev–Trinajstić information content (AvgIpc) is 2.59. The van der Waals surface area contributed by atoms with Gasteiger partial charge in [0.25, 0.3) is 0 Å². The first kappa shape index (κ1) is 10.7. The molecule has 0 fully saturated rings. The summed E-state index contributed by atoms with van der Waals surface area (Å²) >= 11 is 3.49. The van der Waals surface area contributed by atoms with E-state index in [2.05, 4.69) is 40.8 Å². The molecule has 0 amide bonds. The zero-order valence-electron chi connectivity index (χ0n) is 9.01. The number of nitrogens with zero attached hydrogens (tertiary/aromatic N) is 1. The lowest BCUT2D eigenvalue weighted by molar-refractivity contribution is 0.523. The summed E-state index contributed by atoms with van der Waals surface area (Å²) in [5.41, 5.74) is 3.13. The molecule has 0 radical (unpaired) electrons. The second-order valence-electron chi connectivity index (χ2n) is 3.62. The van der Waals surface area contributed by atoms with Gasteiger partial charge >= 0.3 is 0 Å². The molecule has 0 aliphatic heterocycles. The maximum absolute atomic E-state index is 5.75. The topological polar surface area (TPSA) is 26.0 Å². The first-order valence-electron chi connectivity index (χ1n) is 5.32. The number of aromatic nitrogens is 1. The Morgan fingerprint density at radius 3 is 2.80 bits per heavy atom. The van der Waals surface area contributed by atoms with Gasteiger partial charge in [-0.1, -0.05) is 29.8 Å². The second-order valence-corrected chi connectivity index (χ2v) is 4.54. The van der Waals surface area contributed by atoms with E-state index in [1.807, 2.05) is 6.07 Å². The van der Waals surface area contributed by atoms with E-state index in [1.54, 1.807) is 0 Å². The molecule has 15 heavy (non-hydrogen) atoms. The zero-order valence-corrected chi connectivity index (χ0v) is 10.6. The number of oxazole rings is 1. The van der Waals surface area contributed by atoms with E-state index >= 15 is 0 Å². The second kappa shape index (κ2) is 4.35. The van der Waals surface area contributed by atoms with Gasteiger partial charge in [-0.2, -0.15) is 0 Å². The lowest BCUT2D eigenvalue weighted by Gasteiger charge is -1.97. The van der Waals surface area contributed by atoms with E-state index < -0.39 is 0 Å². The summed E-state index contributed by atoms with van der Waals surface area (Å²) in [4.78, 5) is 4.48. The molecule has 0 saturated carbocycles. The van der Waals surface area contributed by atoms with Crippen molar-refractivity contribution in [3.8, 4) is 0 Å². The van der Waals surface area contributed by atoms with Crippen molar-refractivity contribution in [3.05, 3.63) is 28.1 Å². The minimum absolute atomic E-state index is 0.848. The van der Waals surface area contributed by atoms with Crippen LogP contribution in [-0.2, 0) is 12.8 Å². The molecular weight excluding hydrogens is 254 g/mol. The van der Waals surface area contributed by atoms with Crippen LogP contribution in [0.5, 0.6) is 0 Å². The maximum Gasteiger partial charge on any atom is 0.195 e. The molecule has 0 saturated heterocycles. The fourth-order valence-electron chi connectivity index (χ4n) is 1.69. The van der Waals surface area contributed by atoms with Gasteiger partial charge in [0.1, 0.15) is 5.52 Å². The molecule has 2 rings (SSSR count). The van der Waals surface area contributed by atoms with Crippen molar-refractivity contribution in [2.45, 2.75) is 33.1 Å². The molecule has 3 heteroatoms. The minimum atomic E-state index is 0.848. The summed E-state index contributed by atoms with van der Waals surface area (Å²) in [5, 5.41) is 0. The van der Waals surface area contributed by atoms with Crippen LogP contribution in [0, 0.1) is 0 Å². The molecule has 1 aromatic carbocycles. The SMILES string of the molecule is CCCc1nc2cc(Br)cc(CC)c2o1. The summed E-state index contributed by atoms with van der Waals surface area (Å²) in [6, 6.07) is 4.11. The van der Waals surface area contributed by atoms with Crippen LogP contribution in [0.1, 0.15) is 31.7 Å². The van der Waals surface area contributed by atoms with E-state index in [0.29, 0.717) is 0 Å². The van der Waals surface area contributed by atoms with E-state index in [1.165, 1.54) is 5.56 Å². The third kappa shape index (κ3) is 2.07. The highest BCUT2D eigenvalue weighted by Crippen LogP contribution is 2.25. The van der Waals surface area contributed by atoms with Crippen molar-refractivity contribution in [1.82, 2.24) is 4.98 Å². The molecule has 2 aromatic rings. The Bertz CT molecular complexity index is 476. The lowest BCUT2D eigenvalue weighted by Crippen LogP contribution is -1.81. The Kier molecular flexibility index (Phi) is 3.10. The van der Waals surface area contributed by atoms with Gasteiger partial charge in [0.15, 0.2) is 11.5 Å². The van der Waals surface area contributed by atoms with Gasteiger partial charge in [-0.3, -0.25) is 0 Å². The number of hydrogen-bond acceptors (Lipinski definition) is 2. The Labute approximate surface area is 97.8 Å². The molecule has 0 N–H and O–H groups in total. The standard InChI is InChI=1S/C12H14BrNO/c1-3-5-11-14-10-7-9(13)6-8(4-2)12(10)15-11/h6-7H,3-5H2,1-2H3. The third-order valence-electron chi connectivity index (χ3n) is 2.42. The number of halogens is 1. The normalized spacial score (nSPS) is 11.1. The molecule has 1 heterocycles. The first-order chi connectivity index (χ1) is 7.24. The predicted molar refractivity (Wildman–Crippen MR) is 65.1 cm³/mol. The van der Waals surface area contributed by atoms with Crippen LogP contribution in [0.25, 0.3) is 11.1 Å². The van der Waals surface area contributed by atoms with Crippen LogP contribution < -0.4 is 0 Å². The number of fused-ring (bicyclic) bond motifs is 1. The van der Waals surface area contributed by atoms with Gasteiger partial charge in [0.05, 0.1) is 0 Å². The van der Waals surface area contributed by atoms with Crippen LogP contribution in [0.15, 0.2) is 21.0 Å². The van der Waals surface area contributed by atoms with Gasteiger partial charge in [0, 0.05) is 10.9 Å². The Morgan fingerprint density at radius 1 is 1.33 bits per heavy atom. The summed E-state index contributed by atoms with van der Waals surface area (Å²) in [6.45, 7) is 4.26. The van der Waals surface area contributed by atoms with Gasteiger partial charge in [-0.15, -0.1) is 0 Å². The number of aryl methyl sites for hydroxylation is 2. The van der Waals surface area contributed by atoms with E-state index in [-0.39, 0.29) is 0 Å². The quantitative estimate of drug-likeness (QED) is 0.837. The van der Waals surface area contributed by atoms with Crippen molar-refractivity contribution < 1.29 is 4.42 Å². The summed E-state index contributed by atoms with van der Waals surface area (Å²) in [6.07, 6.45) is 2.95. The molecule has 0 unspecified atom stereocenters.